The summed E-state index contributed by atoms with van der Waals surface area (Å²) in [5, 5.41) is 0. The maximum Gasteiger partial charge on any atom is 0.128 e. The summed E-state index contributed by atoms with van der Waals surface area (Å²) < 4.78 is 7.60. The van der Waals surface area contributed by atoms with Crippen LogP contribution >= 0.6 is 0 Å². The molecule has 0 bridgehead atoms. The van der Waals surface area contributed by atoms with E-state index in [0.717, 1.165) is 24.4 Å². The zero-order valence-corrected chi connectivity index (χ0v) is 10.3. The molecule has 4 heteroatoms. The van der Waals surface area contributed by atoms with Crippen LogP contribution in [-0.2, 0) is 6.42 Å². The van der Waals surface area contributed by atoms with Crippen molar-refractivity contribution < 1.29 is 4.42 Å². The molecule has 0 spiro atoms. The molecule has 2 atom stereocenters. The van der Waals surface area contributed by atoms with Crippen LogP contribution in [0.25, 0.3) is 0 Å². The predicted molar refractivity (Wildman–Crippen MR) is 66.7 cm³/mol. The van der Waals surface area contributed by atoms with Gasteiger partial charge in [-0.05, 0) is 25.5 Å². The Morgan fingerprint density at radius 1 is 1.53 bits per heavy atom. The van der Waals surface area contributed by atoms with Gasteiger partial charge in [-0.2, -0.15) is 0 Å². The van der Waals surface area contributed by atoms with Crippen LogP contribution in [0.3, 0.4) is 0 Å². The molecule has 2 rings (SSSR count). The molecule has 0 aliphatic carbocycles. The third-order valence-corrected chi connectivity index (χ3v) is 2.85. The van der Waals surface area contributed by atoms with Gasteiger partial charge in [0, 0.05) is 24.9 Å². The first-order valence-electron chi connectivity index (χ1n) is 6.04. The van der Waals surface area contributed by atoms with Crippen LogP contribution in [0.4, 0.5) is 0 Å². The summed E-state index contributed by atoms with van der Waals surface area (Å²) >= 11 is 0. The minimum Gasteiger partial charge on any atom is -0.467 e. The van der Waals surface area contributed by atoms with E-state index in [9.17, 15) is 0 Å². The zero-order chi connectivity index (χ0) is 12.3. The van der Waals surface area contributed by atoms with E-state index in [2.05, 4.69) is 16.5 Å². The molecule has 0 saturated carbocycles. The van der Waals surface area contributed by atoms with Crippen molar-refractivity contribution in [2.45, 2.75) is 38.8 Å². The van der Waals surface area contributed by atoms with Gasteiger partial charge < -0.3 is 14.7 Å². The van der Waals surface area contributed by atoms with Gasteiger partial charge in [0.05, 0.1) is 6.26 Å². The molecule has 4 nitrogen and oxygen atoms in total. The van der Waals surface area contributed by atoms with Gasteiger partial charge in [0.25, 0.3) is 0 Å². The van der Waals surface area contributed by atoms with Crippen LogP contribution in [-0.4, -0.2) is 15.6 Å². The molecule has 0 aliphatic rings. The van der Waals surface area contributed by atoms with Crippen molar-refractivity contribution in [1.29, 1.82) is 0 Å². The molecule has 2 aromatic rings. The highest BCUT2D eigenvalue weighted by molar-refractivity contribution is 5.12. The number of aryl methyl sites for hydroxylation is 1. The van der Waals surface area contributed by atoms with Crippen molar-refractivity contribution in [1.82, 2.24) is 9.55 Å². The van der Waals surface area contributed by atoms with Crippen molar-refractivity contribution in [2.75, 3.05) is 0 Å². The Bertz CT molecular complexity index is 445. The fourth-order valence-corrected chi connectivity index (χ4v) is 2.12. The first kappa shape index (κ1) is 11.9. The molecular weight excluding hydrogens is 214 g/mol. The van der Waals surface area contributed by atoms with Crippen molar-refractivity contribution in [2.24, 2.45) is 5.73 Å². The van der Waals surface area contributed by atoms with E-state index in [4.69, 9.17) is 10.2 Å². The lowest BCUT2D eigenvalue weighted by molar-refractivity contribution is 0.383. The Hall–Kier alpha value is -1.55. The van der Waals surface area contributed by atoms with E-state index in [1.165, 1.54) is 0 Å². The lowest BCUT2D eigenvalue weighted by Crippen LogP contribution is -2.30. The van der Waals surface area contributed by atoms with E-state index >= 15 is 0 Å². The number of rotatable bonds is 5. The minimum absolute atomic E-state index is 0.0223. The fourth-order valence-electron chi connectivity index (χ4n) is 2.12. The maximum atomic E-state index is 6.08. The second kappa shape index (κ2) is 5.19. The van der Waals surface area contributed by atoms with E-state index in [-0.39, 0.29) is 12.1 Å². The lowest BCUT2D eigenvalue weighted by Gasteiger charge is -2.22. The van der Waals surface area contributed by atoms with Gasteiger partial charge in [0.2, 0.25) is 0 Å². The summed E-state index contributed by atoms with van der Waals surface area (Å²) in [4.78, 5) is 4.38. The number of hydrogen-bond acceptors (Lipinski definition) is 3. The van der Waals surface area contributed by atoms with Gasteiger partial charge >= 0.3 is 0 Å². The highest BCUT2D eigenvalue weighted by Gasteiger charge is 2.22. The lowest BCUT2D eigenvalue weighted by atomic mass is 10.1. The Kier molecular flexibility index (Phi) is 3.64. The predicted octanol–water partition coefficient (Wildman–Crippen LogP) is 2.37. The van der Waals surface area contributed by atoms with Crippen LogP contribution in [0.1, 0.15) is 37.9 Å². The largest absolute Gasteiger partial charge is 0.467 e. The van der Waals surface area contributed by atoms with Crippen LogP contribution in [0.5, 0.6) is 0 Å². The van der Waals surface area contributed by atoms with Crippen LogP contribution in [0, 0.1) is 0 Å². The van der Waals surface area contributed by atoms with Crippen LogP contribution in [0.2, 0.25) is 0 Å². The molecule has 0 aromatic carbocycles. The van der Waals surface area contributed by atoms with Gasteiger partial charge in [-0.15, -0.1) is 0 Å². The molecule has 2 heterocycles. The zero-order valence-electron chi connectivity index (χ0n) is 10.3. The van der Waals surface area contributed by atoms with Gasteiger partial charge in [0.1, 0.15) is 17.6 Å². The molecule has 92 valence electrons. The van der Waals surface area contributed by atoms with Crippen LogP contribution < -0.4 is 5.73 Å². The molecule has 0 fully saturated rings. The van der Waals surface area contributed by atoms with Crippen LogP contribution in [0.15, 0.2) is 35.2 Å². The number of hydrogen-bond donors (Lipinski definition) is 1. The molecule has 0 saturated heterocycles. The monoisotopic (exact) mass is 233 g/mol. The molecule has 2 aromatic heterocycles. The van der Waals surface area contributed by atoms with E-state index < -0.39 is 0 Å². The highest BCUT2D eigenvalue weighted by atomic mass is 16.3. The van der Waals surface area contributed by atoms with E-state index in [1.54, 1.807) is 6.26 Å². The number of imidazole rings is 1. The number of aromatic nitrogens is 2. The van der Waals surface area contributed by atoms with Crippen molar-refractivity contribution >= 4 is 0 Å². The molecule has 2 unspecified atom stereocenters. The Morgan fingerprint density at radius 3 is 2.94 bits per heavy atom. The number of nitrogens with zero attached hydrogens (tertiary/aromatic N) is 2. The molecule has 2 N–H and O–H groups in total. The third-order valence-electron chi connectivity index (χ3n) is 2.85. The normalized spacial score (nSPS) is 14.8. The molecular formula is C13H19N3O. The molecule has 0 radical (unpaired) electrons. The number of nitrogens with two attached hydrogens (primary N) is 1. The Morgan fingerprint density at radius 2 is 2.35 bits per heavy atom. The highest BCUT2D eigenvalue weighted by Crippen LogP contribution is 2.23. The third kappa shape index (κ3) is 2.42. The summed E-state index contributed by atoms with van der Waals surface area (Å²) in [6, 6.07) is 3.85. The second-order valence-electron chi connectivity index (χ2n) is 4.32. The van der Waals surface area contributed by atoms with Crippen molar-refractivity contribution in [3.63, 3.8) is 0 Å². The molecule has 17 heavy (non-hydrogen) atoms. The first-order valence-corrected chi connectivity index (χ1v) is 6.04. The minimum atomic E-state index is -0.0223. The summed E-state index contributed by atoms with van der Waals surface area (Å²) in [5.74, 6) is 1.95. The summed E-state index contributed by atoms with van der Waals surface area (Å²) in [6.07, 6.45) is 7.50. The first-order chi connectivity index (χ1) is 8.24. The quantitative estimate of drug-likeness (QED) is 0.862. The van der Waals surface area contributed by atoms with E-state index in [1.807, 2.05) is 31.5 Å². The van der Waals surface area contributed by atoms with Gasteiger partial charge in [-0.25, -0.2) is 4.98 Å². The average Bonchev–Trinajstić information content (AvgIpc) is 2.92. The Labute approximate surface area is 101 Å². The van der Waals surface area contributed by atoms with Crippen molar-refractivity contribution in [3.8, 4) is 0 Å². The summed E-state index contributed by atoms with van der Waals surface area (Å²) in [6.45, 7) is 4.13. The SMILES string of the molecule is CCCc1nccn1C(c1ccco1)C(C)N. The smallest absolute Gasteiger partial charge is 0.128 e. The summed E-state index contributed by atoms with van der Waals surface area (Å²) in [7, 11) is 0. The second-order valence-corrected chi connectivity index (χ2v) is 4.32. The average molecular weight is 233 g/mol. The van der Waals surface area contributed by atoms with Gasteiger partial charge in [-0.3, -0.25) is 0 Å². The topological polar surface area (TPSA) is 57.0 Å². The van der Waals surface area contributed by atoms with Gasteiger partial charge in [0.15, 0.2) is 0 Å². The van der Waals surface area contributed by atoms with E-state index in [0.29, 0.717) is 0 Å². The van der Waals surface area contributed by atoms with Crippen molar-refractivity contribution in [3.05, 3.63) is 42.4 Å². The Balaban J connectivity index is 2.36. The van der Waals surface area contributed by atoms with Gasteiger partial charge in [-0.1, -0.05) is 6.92 Å². The standard InChI is InChI=1S/C13H19N3O/c1-3-5-12-15-7-8-16(12)13(10(2)14)11-6-4-9-17-11/h4,6-10,13H,3,5,14H2,1-2H3. The fraction of sp³-hybridized carbons (Fsp3) is 0.462. The molecule has 0 aliphatic heterocycles. The number of furan rings is 1. The summed E-state index contributed by atoms with van der Waals surface area (Å²) in [5.41, 5.74) is 6.08. The maximum absolute atomic E-state index is 6.08. The molecule has 0 amide bonds.